The summed E-state index contributed by atoms with van der Waals surface area (Å²) in [6.07, 6.45) is 5.43. The molecule has 1 atom stereocenters. The molecule has 1 aliphatic heterocycles. The number of benzene rings is 1. The Morgan fingerprint density at radius 1 is 1.29 bits per heavy atom. The van der Waals surface area contributed by atoms with Gasteiger partial charge in [-0.15, -0.1) is 0 Å². The number of aromatic nitrogens is 2. The van der Waals surface area contributed by atoms with E-state index >= 15 is 0 Å². The largest absolute Gasteiger partial charge is 0.370 e. The summed E-state index contributed by atoms with van der Waals surface area (Å²) in [5.41, 5.74) is 2.40. The number of nitrogens with zero attached hydrogens (tertiary/aromatic N) is 3. The highest BCUT2D eigenvalue weighted by Crippen LogP contribution is 2.25. The Morgan fingerprint density at radius 3 is 2.96 bits per heavy atom. The van der Waals surface area contributed by atoms with E-state index in [4.69, 9.17) is 0 Å². The van der Waals surface area contributed by atoms with Crippen LogP contribution in [0.2, 0.25) is 0 Å². The summed E-state index contributed by atoms with van der Waals surface area (Å²) in [7, 11) is 0. The molecule has 0 saturated carbocycles. The van der Waals surface area contributed by atoms with Crippen molar-refractivity contribution in [1.82, 2.24) is 15.3 Å². The number of nitrogens with one attached hydrogen (secondary N) is 2. The third-order valence-corrected chi connectivity index (χ3v) is 5.37. The van der Waals surface area contributed by atoms with E-state index in [-0.39, 0.29) is 5.91 Å². The maximum absolute atomic E-state index is 12.3. The van der Waals surface area contributed by atoms with Crippen LogP contribution in [-0.2, 0) is 11.3 Å². The van der Waals surface area contributed by atoms with Crippen molar-refractivity contribution in [3.63, 3.8) is 0 Å². The molecule has 1 fully saturated rings. The van der Waals surface area contributed by atoms with Crippen LogP contribution in [0, 0.1) is 12.8 Å². The second kappa shape index (κ2) is 10.1. The molecule has 150 valence electrons. The van der Waals surface area contributed by atoms with Crippen LogP contribution in [0.3, 0.4) is 0 Å². The topological polar surface area (TPSA) is 70.2 Å². The lowest BCUT2D eigenvalue weighted by atomic mass is 9.93. The van der Waals surface area contributed by atoms with Gasteiger partial charge in [0.25, 0.3) is 0 Å². The Kier molecular flexibility index (Phi) is 7.23. The van der Waals surface area contributed by atoms with Gasteiger partial charge in [-0.1, -0.05) is 24.3 Å². The number of amides is 1. The molecule has 1 aromatic carbocycles. The van der Waals surface area contributed by atoms with Crippen LogP contribution >= 0.6 is 0 Å². The molecule has 0 aliphatic carbocycles. The fourth-order valence-electron chi connectivity index (χ4n) is 3.73. The molecule has 1 amide bonds. The smallest absolute Gasteiger partial charge is 0.220 e. The summed E-state index contributed by atoms with van der Waals surface area (Å²) < 4.78 is 0. The van der Waals surface area contributed by atoms with Crippen LogP contribution in [0.5, 0.6) is 0 Å². The first-order chi connectivity index (χ1) is 13.7. The second-order valence-electron chi connectivity index (χ2n) is 7.49. The predicted octanol–water partition coefficient (Wildman–Crippen LogP) is 3.53. The van der Waals surface area contributed by atoms with Gasteiger partial charge in [0.15, 0.2) is 0 Å². The first-order valence-corrected chi connectivity index (χ1v) is 10.3. The van der Waals surface area contributed by atoms with Crippen LogP contribution in [0.15, 0.2) is 36.7 Å². The number of hydrogen-bond acceptors (Lipinski definition) is 5. The Morgan fingerprint density at radius 2 is 2.14 bits per heavy atom. The lowest BCUT2D eigenvalue weighted by Crippen LogP contribution is -2.36. The molecule has 0 bridgehead atoms. The first-order valence-electron chi connectivity index (χ1n) is 10.3. The molecule has 0 spiro atoms. The van der Waals surface area contributed by atoms with Gasteiger partial charge in [-0.05, 0) is 50.2 Å². The molecular formula is C22H31N5O. The molecule has 1 saturated heterocycles. The minimum atomic E-state index is 0.136. The van der Waals surface area contributed by atoms with Gasteiger partial charge < -0.3 is 15.5 Å². The van der Waals surface area contributed by atoms with Gasteiger partial charge in [-0.3, -0.25) is 4.79 Å². The Hall–Kier alpha value is -2.63. The van der Waals surface area contributed by atoms with Crippen molar-refractivity contribution in [2.75, 3.05) is 29.9 Å². The van der Waals surface area contributed by atoms with Crippen LogP contribution in [0.4, 0.5) is 11.6 Å². The van der Waals surface area contributed by atoms with Crippen LogP contribution in [0.25, 0.3) is 0 Å². The molecule has 3 rings (SSSR count). The highest BCUT2D eigenvalue weighted by atomic mass is 16.1. The van der Waals surface area contributed by atoms with Crippen molar-refractivity contribution in [1.29, 1.82) is 0 Å². The molecule has 2 heterocycles. The molecule has 2 N–H and O–H groups in total. The van der Waals surface area contributed by atoms with Crippen molar-refractivity contribution in [2.45, 2.75) is 46.1 Å². The lowest BCUT2D eigenvalue weighted by molar-refractivity contribution is -0.121. The first kappa shape index (κ1) is 20.1. The minimum Gasteiger partial charge on any atom is -0.370 e. The zero-order valence-corrected chi connectivity index (χ0v) is 16.9. The van der Waals surface area contributed by atoms with Crippen molar-refractivity contribution in [2.24, 2.45) is 5.92 Å². The number of aryl methyl sites for hydroxylation is 1. The highest BCUT2D eigenvalue weighted by Gasteiger charge is 2.22. The van der Waals surface area contributed by atoms with Gasteiger partial charge in [0, 0.05) is 38.7 Å². The predicted molar refractivity (Wildman–Crippen MR) is 113 cm³/mol. The summed E-state index contributed by atoms with van der Waals surface area (Å²) >= 11 is 0. The number of carbonyl (C=O) groups excluding carboxylic acids is 1. The molecule has 0 radical (unpaired) electrons. The highest BCUT2D eigenvalue weighted by molar-refractivity contribution is 5.75. The zero-order valence-electron chi connectivity index (χ0n) is 16.9. The van der Waals surface area contributed by atoms with E-state index in [1.165, 1.54) is 17.5 Å². The van der Waals surface area contributed by atoms with E-state index in [1.54, 1.807) is 6.33 Å². The maximum atomic E-state index is 12.3. The van der Waals surface area contributed by atoms with E-state index in [0.29, 0.717) is 18.9 Å². The van der Waals surface area contributed by atoms with Gasteiger partial charge in [0.1, 0.15) is 18.0 Å². The van der Waals surface area contributed by atoms with Gasteiger partial charge >= 0.3 is 0 Å². The van der Waals surface area contributed by atoms with Crippen molar-refractivity contribution >= 4 is 17.5 Å². The third kappa shape index (κ3) is 5.68. The normalized spacial score (nSPS) is 16.6. The van der Waals surface area contributed by atoms with E-state index in [2.05, 4.69) is 51.5 Å². The van der Waals surface area contributed by atoms with Crippen LogP contribution in [-0.4, -0.2) is 35.5 Å². The molecular weight excluding hydrogens is 350 g/mol. The molecule has 1 aromatic heterocycles. The summed E-state index contributed by atoms with van der Waals surface area (Å²) in [5, 5.41) is 6.30. The van der Waals surface area contributed by atoms with Gasteiger partial charge in [-0.2, -0.15) is 0 Å². The van der Waals surface area contributed by atoms with Crippen molar-refractivity contribution in [3.8, 4) is 0 Å². The lowest BCUT2D eigenvalue weighted by Gasteiger charge is -2.33. The molecule has 1 unspecified atom stereocenters. The number of carbonyl (C=O) groups is 1. The second-order valence-corrected chi connectivity index (χ2v) is 7.49. The molecule has 1 aliphatic rings. The number of rotatable bonds is 8. The summed E-state index contributed by atoms with van der Waals surface area (Å²) in [5.74, 6) is 2.50. The van der Waals surface area contributed by atoms with E-state index in [9.17, 15) is 4.79 Å². The summed E-state index contributed by atoms with van der Waals surface area (Å²) in [4.78, 5) is 23.3. The molecule has 28 heavy (non-hydrogen) atoms. The van der Waals surface area contributed by atoms with E-state index < -0.39 is 0 Å². The zero-order chi connectivity index (χ0) is 19.8. The quantitative estimate of drug-likeness (QED) is 0.732. The van der Waals surface area contributed by atoms with Crippen molar-refractivity contribution < 1.29 is 4.79 Å². The van der Waals surface area contributed by atoms with Crippen LogP contribution < -0.4 is 15.5 Å². The van der Waals surface area contributed by atoms with Gasteiger partial charge in [0.2, 0.25) is 5.91 Å². The van der Waals surface area contributed by atoms with E-state index in [0.717, 1.165) is 44.1 Å². The van der Waals surface area contributed by atoms with Crippen LogP contribution in [0.1, 0.15) is 43.7 Å². The Balaban J connectivity index is 1.46. The third-order valence-electron chi connectivity index (χ3n) is 5.37. The summed E-state index contributed by atoms with van der Waals surface area (Å²) in [6.45, 7) is 7.55. The standard InChI is InChI=1S/C22H31N5O/c1-3-23-20-13-21(26-16-25-20)27-12-6-8-18(15-27)10-11-22(28)24-14-19-9-5-4-7-17(19)2/h4-5,7,9,13,16,18H,3,6,8,10-12,14-15H2,1-2H3,(H,24,28)(H,23,25,26). The van der Waals surface area contributed by atoms with Gasteiger partial charge in [0.05, 0.1) is 0 Å². The maximum Gasteiger partial charge on any atom is 0.220 e. The minimum absolute atomic E-state index is 0.136. The van der Waals surface area contributed by atoms with E-state index in [1.807, 2.05) is 18.2 Å². The molecule has 6 nitrogen and oxygen atoms in total. The average molecular weight is 382 g/mol. The SMILES string of the molecule is CCNc1cc(N2CCCC(CCC(=O)NCc3ccccc3C)C2)ncn1. The summed E-state index contributed by atoms with van der Waals surface area (Å²) in [6, 6.07) is 10.2. The fourth-order valence-corrected chi connectivity index (χ4v) is 3.73. The Bertz CT molecular complexity index is 779. The Labute approximate surface area is 167 Å². The number of piperidine rings is 1. The van der Waals surface area contributed by atoms with Gasteiger partial charge in [-0.25, -0.2) is 9.97 Å². The molecule has 2 aromatic rings. The number of hydrogen-bond donors (Lipinski definition) is 2. The fraction of sp³-hybridized carbons (Fsp3) is 0.500. The average Bonchev–Trinajstić information content (AvgIpc) is 2.72. The van der Waals surface area contributed by atoms with Crippen molar-refractivity contribution in [3.05, 3.63) is 47.8 Å². The monoisotopic (exact) mass is 381 g/mol. The number of anilines is 2. The molecule has 6 heteroatoms.